The Morgan fingerprint density at radius 1 is 1.05 bits per heavy atom. The number of likely N-dealkylation sites (tertiary alicyclic amines) is 1. The minimum Gasteiger partial charge on any atom is -0.468 e. The summed E-state index contributed by atoms with van der Waals surface area (Å²) < 4.78 is 5.36. The van der Waals surface area contributed by atoms with Crippen molar-refractivity contribution >= 4 is 40.3 Å². The first-order chi connectivity index (χ1) is 17.9. The van der Waals surface area contributed by atoms with Gasteiger partial charge in [0.25, 0.3) is 0 Å². The molecule has 2 saturated heterocycles. The predicted molar refractivity (Wildman–Crippen MR) is 140 cm³/mol. The highest BCUT2D eigenvalue weighted by Gasteiger charge is 2.69. The van der Waals surface area contributed by atoms with Crippen LogP contribution >= 0.6 is 11.6 Å². The Morgan fingerprint density at radius 3 is 2.51 bits per heavy atom. The fraction of sp³-hybridized carbons (Fsp3) is 0.414. The molecular formula is C29H30ClN3O4. The lowest BCUT2D eigenvalue weighted by Crippen LogP contribution is -2.58. The van der Waals surface area contributed by atoms with Crippen molar-refractivity contribution in [3.63, 3.8) is 0 Å². The van der Waals surface area contributed by atoms with Crippen molar-refractivity contribution in [3.05, 3.63) is 70.9 Å². The van der Waals surface area contributed by atoms with Gasteiger partial charge in [0, 0.05) is 40.6 Å². The number of fused-ring (bicyclic) bond motifs is 2. The van der Waals surface area contributed by atoms with Crippen molar-refractivity contribution in [2.75, 3.05) is 7.11 Å². The minimum atomic E-state index is -1.40. The van der Waals surface area contributed by atoms with E-state index in [4.69, 9.17) is 16.3 Å². The van der Waals surface area contributed by atoms with Gasteiger partial charge in [-0.1, -0.05) is 61.2 Å². The molecule has 3 aromatic rings. The van der Waals surface area contributed by atoms with Crippen LogP contribution in [0.25, 0.3) is 10.9 Å². The SMILES string of the molecule is COC(=O)[C@@]1(Cc2c[nH]c3ccccc23)N[C@@H](c2ccc(Cl)cc2)[C@H]2C(=O)N(C3CCCCC3)C(=O)[C@H]21. The third kappa shape index (κ3) is 3.79. The maximum atomic E-state index is 14.2. The number of rotatable bonds is 5. The normalized spacial score (nSPS) is 28.2. The fourth-order valence-corrected chi connectivity index (χ4v) is 6.99. The number of carbonyl (C=O) groups is 3. The maximum Gasteiger partial charge on any atom is 0.327 e. The van der Waals surface area contributed by atoms with Crippen molar-refractivity contribution in [3.8, 4) is 0 Å². The van der Waals surface area contributed by atoms with Crippen LogP contribution < -0.4 is 5.32 Å². The third-order valence-corrected chi connectivity index (χ3v) is 8.80. The number of halogens is 1. The van der Waals surface area contributed by atoms with E-state index in [-0.39, 0.29) is 24.3 Å². The highest BCUT2D eigenvalue weighted by molar-refractivity contribution is 6.30. The number of amides is 2. The molecule has 0 bridgehead atoms. The molecule has 3 aliphatic rings. The Labute approximate surface area is 220 Å². The zero-order chi connectivity index (χ0) is 25.7. The number of benzene rings is 2. The summed E-state index contributed by atoms with van der Waals surface area (Å²) in [5, 5.41) is 5.03. The Balaban J connectivity index is 1.49. The number of nitrogens with one attached hydrogen (secondary N) is 2. The second-order valence-corrected chi connectivity index (χ2v) is 11.0. The smallest absolute Gasteiger partial charge is 0.327 e. The molecular weight excluding hydrogens is 490 g/mol. The Bertz CT molecular complexity index is 1360. The summed E-state index contributed by atoms with van der Waals surface area (Å²) in [7, 11) is 1.34. The van der Waals surface area contributed by atoms with Crippen molar-refractivity contribution in [2.45, 2.75) is 56.1 Å². The zero-order valence-corrected chi connectivity index (χ0v) is 21.5. The molecule has 6 rings (SSSR count). The molecule has 3 heterocycles. The molecule has 0 spiro atoms. The number of nitrogens with zero attached hydrogens (tertiary/aromatic N) is 1. The molecule has 8 heteroatoms. The lowest BCUT2D eigenvalue weighted by molar-refractivity contribution is -0.155. The van der Waals surface area contributed by atoms with E-state index in [9.17, 15) is 14.4 Å². The van der Waals surface area contributed by atoms with Crippen molar-refractivity contribution in [2.24, 2.45) is 11.8 Å². The quantitative estimate of drug-likeness (QED) is 0.381. The summed E-state index contributed by atoms with van der Waals surface area (Å²) >= 11 is 6.16. The van der Waals surface area contributed by atoms with E-state index in [2.05, 4.69) is 10.3 Å². The van der Waals surface area contributed by atoms with Crippen molar-refractivity contribution < 1.29 is 19.1 Å². The Kier molecular flexibility index (Phi) is 6.08. The molecule has 37 heavy (non-hydrogen) atoms. The van der Waals surface area contributed by atoms with Crippen LogP contribution in [0.15, 0.2) is 54.7 Å². The summed E-state index contributed by atoms with van der Waals surface area (Å²) in [6.45, 7) is 0. The van der Waals surface area contributed by atoms with Crippen LogP contribution in [0.2, 0.25) is 5.02 Å². The van der Waals surface area contributed by atoms with Gasteiger partial charge in [-0.15, -0.1) is 0 Å². The first kappa shape index (κ1) is 24.2. The molecule has 192 valence electrons. The summed E-state index contributed by atoms with van der Waals surface area (Å²) in [5.74, 6) is -2.57. The number of carbonyl (C=O) groups excluding carboxylic acids is 3. The monoisotopic (exact) mass is 519 g/mol. The Morgan fingerprint density at radius 2 is 1.78 bits per heavy atom. The molecule has 0 unspecified atom stereocenters. The number of para-hydroxylation sites is 1. The van der Waals surface area contributed by atoms with Crippen LogP contribution in [0.4, 0.5) is 0 Å². The van der Waals surface area contributed by atoms with Crippen LogP contribution in [-0.2, 0) is 25.5 Å². The first-order valence-corrected chi connectivity index (χ1v) is 13.4. The van der Waals surface area contributed by atoms with Gasteiger partial charge >= 0.3 is 5.97 Å². The second-order valence-electron chi connectivity index (χ2n) is 10.5. The summed E-state index contributed by atoms with van der Waals surface area (Å²) in [5.41, 5.74) is 1.25. The molecule has 1 aliphatic carbocycles. The van der Waals surface area contributed by atoms with Gasteiger partial charge in [0.1, 0.15) is 5.54 Å². The van der Waals surface area contributed by atoms with Gasteiger partial charge in [-0.05, 0) is 42.2 Å². The van der Waals surface area contributed by atoms with Gasteiger partial charge in [0.15, 0.2) is 0 Å². The number of aromatic nitrogens is 1. The number of methoxy groups -OCH3 is 1. The highest BCUT2D eigenvalue weighted by Crippen LogP contribution is 2.51. The van der Waals surface area contributed by atoms with Crippen molar-refractivity contribution in [1.29, 1.82) is 0 Å². The highest BCUT2D eigenvalue weighted by atomic mass is 35.5. The summed E-state index contributed by atoms with van der Waals surface area (Å²) in [4.78, 5) is 46.7. The van der Waals surface area contributed by atoms with E-state index in [0.29, 0.717) is 5.02 Å². The third-order valence-electron chi connectivity index (χ3n) is 8.55. The second kappa shape index (κ2) is 9.30. The molecule has 1 aromatic heterocycles. The van der Waals surface area contributed by atoms with Crippen LogP contribution in [-0.4, -0.2) is 46.4 Å². The lowest BCUT2D eigenvalue weighted by atomic mass is 9.76. The molecule has 1 saturated carbocycles. The van der Waals surface area contributed by atoms with E-state index in [1.807, 2.05) is 42.6 Å². The first-order valence-electron chi connectivity index (χ1n) is 13.0. The molecule has 2 amide bonds. The fourth-order valence-electron chi connectivity index (χ4n) is 6.86. The van der Waals surface area contributed by atoms with Crippen molar-refractivity contribution in [1.82, 2.24) is 15.2 Å². The largest absolute Gasteiger partial charge is 0.468 e. The molecule has 0 radical (unpaired) electrons. The predicted octanol–water partition coefficient (Wildman–Crippen LogP) is 4.55. The summed E-state index contributed by atoms with van der Waals surface area (Å²) in [6, 6.07) is 14.5. The van der Waals surface area contributed by atoms with E-state index in [1.165, 1.54) is 12.0 Å². The number of H-pyrrole nitrogens is 1. The average Bonchev–Trinajstić information content (AvgIpc) is 3.57. The Hall–Kier alpha value is -3.16. The minimum absolute atomic E-state index is 0.117. The van der Waals surface area contributed by atoms with Gasteiger partial charge in [0.2, 0.25) is 11.8 Å². The number of hydrogen-bond donors (Lipinski definition) is 2. The molecule has 3 fully saturated rings. The lowest BCUT2D eigenvalue weighted by Gasteiger charge is -2.35. The van der Waals surface area contributed by atoms with Gasteiger partial charge in [0.05, 0.1) is 18.9 Å². The summed E-state index contributed by atoms with van der Waals surface area (Å²) in [6.07, 6.45) is 6.81. The molecule has 2 aliphatic heterocycles. The number of esters is 1. The molecule has 2 N–H and O–H groups in total. The molecule has 4 atom stereocenters. The van der Waals surface area contributed by atoms with E-state index in [0.717, 1.165) is 54.1 Å². The van der Waals surface area contributed by atoms with E-state index < -0.39 is 29.4 Å². The van der Waals surface area contributed by atoms with Gasteiger partial charge in [-0.3, -0.25) is 24.6 Å². The maximum absolute atomic E-state index is 14.2. The number of aromatic amines is 1. The molecule has 2 aromatic carbocycles. The van der Waals surface area contributed by atoms with Gasteiger partial charge in [-0.2, -0.15) is 0 Å². The van der Waals surface area contributed by atoms with E-state index in [1.54, 1.807) is 12.1 Å². The molecule has 7 nitrogen and oxygen atoms in total. The number of ether oxygens (including phenoxy) is 1. The number of hydrogen-bond acceptors (Lipinski definition) is 5. The number of imide groups is 1. The van der Waals surface area contributed by atoms with Gasteiger partial charge in [-0.25, -0.2) is 0 Å². The van der Waals surface area contributed by atoms with Crippen LogP contribution in [0, 0.1) is 11.8 Å². The van der Waals surface area contributed by atoms with Crippen LogP contribution in [0.3, 0.4) is 0 Å². The standard InChI is InChI=1S/C29H30ClN3O4/c1-37-28(36)29(15-18-16-31-22-10-6-5-9-21(18)22)24-23(25(32-29)17-11-13-19(30)14-12-17)26(34)33(27(24)35)20-7-3-2-4-8-20/h5-6,9-14,16,20,23-25,31-32H,2-4,7-8,15H2,1H3/t23-,24-,25-,29-/m0/s1. The van der Waals surface area contributed by atoms with E-state index >= 15 is 0 Å². The average molecular weight is 520 g/mol. The van der Waals surface area contributed by atoms with Crippen LogP contribution in [0.1, 0.15) is 49.3 Å². The zero-order valence-electron chi connectivity index (χ0n) is 20.7. The topological polar surface area (TPSA) is 91.5 Å². The van der Waals surface area contributed by atoms with Crippen LogP contribution in [0.5, 0.6) is 0 Å². The van der Waals surface area contributed by atoms with Gasteiger partial charge < -0.3 is 9.72 Å².